The monoisotopic (exact) mass is 327 g/mol. The normalized spacial score (nSPS) is 10.2. The second-order valence-electron chi connectivity index (χ2n) is 5.66. The van der Waals surface area contributed by atoms with Crippen LogP contribution in [0, 0.1) is 11.3 Å². The number of rotatable bonds is 7. The molecule has 0 aliphatic rings. The summed E-state index contributed by atoms with van der Waals surface area (Å²) in [4.78, 5) is 0. The van der Waals surface area contributed by atoms with Crippen LogP contribution in [0.25, 0.3) is 0 Å². The van der Waals surface area contributed by atoms with E-state index in [-0.39, 0.29) is 0 Å². The lowest BCUT2D eigenvalue weighted by atomic mass is 9.78. The van der Waals surface area contributed by atoms with Crippen LogP contribution in [0.2, 0.25) is 0 Å². The predicted molar refractivity (Wildman–Crippen MR) is 99.0 cm³/mol. The van der Waals surface area contributed by atoms with Crippen molar-refractivity contribution in [2.75, 3.05) is 0 Å². The average molecular weight is 327 g/mol. The van der Waals surface area contributed by atoms with Crippen molar-refractivity contribution in [1.82, 2.24) is 0 Å². The van der Waals surface area contributed by atoms with Gasteiger partial charge in [0.25, 0.3) is 0 Å². The third-order valence-electron chi connectivity index (χ3n) is 3.80. The number of hydrogen-bond donors (Lipinski definition) is 0. The van der Waals surface area contributed by atoms with E-state index in [1.54, 1.807) is 12.1 Å². The Labute approximate surface area is 148 Å². The molecule has 0 fully saturated rings. The summed E-state index contributed by atoms with van der Waals surface area (Å²) in [7, 11) is -0.492. The van der Waals surface area contributed by atoms with Crippen LogP contribution in [-0.4, -0.2) is 7.12 Å². The second kappa shape index (κ2) is 8.84. The van der Waals surface area contributed by atoms with Gasteiger partial charge in [-0.1, -0.05) is 72.8 Å². The van der Waals surface area contributed by atoms with E-state index >= 15 is 0 Å². The van der Waals surface area contributed by atoms with Gasteiger partial charge in [0, 0.05) is 0 Å². The summed E-state index contributed by atoms with van der Waals surface area (Å²) in [5.74, 6) is 0. The summed E-state index contributed by atoms with van der Waals surface area (Å²) < 4.78 is 12.0. The molecule has 122 valence electrons. The van der Waals surface area contributed by atoms with Gasteiger partial charge in [-0.15, -0.1) is 0 Å². The van der Waals surface area contributed by atoms with E-state index in [1.807, 2.05) is 72.8 Å². The Balaban J connectivity index is 1.71. The fraction of sp³-hybridized carbons (Fsp3) is 0.0952. The van der Waals surface area contributed by atoms with E-state index in [2.05, 4.69) is 6.07 Å². The molecule has 0 unspecified atom stereocenters. The Morgan fingerprint density at radius 1 is 0.680 bits per heavy atom. The van der Waals surface area contributed by atoms with Crippen molar-refractivity contribution in [3.05, 3.63) is 102 Å². The van der Waals surface area contributed by atoms with Crippen molar-refractivity contribution in [3.8, 4) is 6.07 Å². The standard InChI is InChI=1S/C21H18BNO2/c23-15-18-11-13-21(14-12-18)22(24-16-19-7-3-1-4-8-19)25-17-20-9-5-2-6-10-20/h1-14H,16-17H2. The molecule has 0 aliphatic carbocycles. The molecule has 0 bridgehead atoms. The highest BCUT2D eigenvalue weighted by Gasteiger charge is 2.21. The van der Waals surface area contributed by atoms with E-state index in [0.717, 1.165) is 16.6 Å². The summed E-state index contributed by atoms with van der Waals surface area (Å²) in [5, 5.41) is 8.96. The lowest BCUT2D eigenvalue weighted by Crippen LogP contribution is -2.36. The average Bonchev–Trinajstić information content (AvgIpc) is 2.70. The molecule has 3 rings (SSSR count). The fourth-order valence-electron chi connectivity index (χ4n) is 2.45. The number of nitrogens with zero attached hydrogens (tertiary/aromatic N) is 1. The molecule has 4 heteroatoms. The highest BCUT2D eigenvalue weighted by Crippen LogP contribution is 2.07. The first kappa shape index (κ1) is 17.0. The van der Waals surface area contributed by atoms with Crippen LogP contribution in [0.4, 0.5) is 0 Å². The molecule has 0 aromatic heterocycles. The smallest absolute Gasteiger partial charge is 0.403 e. The Hall–Kier alpha value is -2.87. The molecule has 0 saturated heterocycles. The Kier molecular flexibility index (Phi) is 6.00. The fourth-order valence-corrected chi connectivity index (χ4v) is 2.45. The van der Waals surface area contributed by atoms with Crippen LogP contribution < -0.4 is 5.46 Å². The highest BCUT2D eigenvalue weighted by atomic mass is 16.6. The quantitative estimate of drug-likeness (QED) is 0.622. The zero-order valence-corrected chi connectivity index (χ0v) is 13.8. The van der Waals surface area contributed by atoms with Crippen molar-refractivity contribution in [2.45, 2.75) is 13.2 Å². The summed E-state index contributed by atoms with van der Waals surface area (Å²) >= 11 is 0. The minimum atomic E-state index is -0.492. The Morgan fingerprint density at radius 3 is 1.60 bits per heavy atom. The van der Waals surface area contributed by atoms with Gasteiger partial charge in [0.05, 0.1) is 24.8 Å². The molecule has 0 amide bonds. The summed E-state index contributed by atoms with van der Waals surface area (Å²) in [6.45, 7) is 0.917. The molecule has 0 aliphatic heterocycles. The molecule has 0 spiro atoms. The van der Waals surface area contributed by atoms with Gasteiger partial charge in [-0.25, -0.2) is 0 Å². The molecule has 3 aromatic carbocycles. The van der Waals surface area contributed by atoms with Crippen LogP contribution in [0.15, 0.2) is 84.9 Å². The first-order valence-corrected chi connectivity index (χ1v) is 8.16. The Bertz CT molecular complexity index is 771. The molecular weight excluding hydrogens is 309 g/mol. The predicted octanol–water partition coefficient (Wildman–Crippen LogP) is 3.69. The third kappa shape index (κ3) is 5.05. The van der Waals surface area contributed by atoms with E-state index in [9.17, 15) is 0 Å². The summed E-state index contributed by atoms with van der Waals surface area (Å²) in [5.41, 5.74) is 3.69. The maximum absolute atomic E-state index is 8.96. The van der Waals surface area contributed by atoms with Crippen molar-refractivity contribution in [2.24, 2.45) is 0 Å². The SMILES string of the molecule is N#Cc1ccc(B(OCc2ccccc2)OCc2ccccc2)cc1. The second-order valence-corrected chi connectivity index (χ2v) is 5.66. The van der Waals surface area contributed by atoms with Gasteiger partial charge in [0.2, 0.25) is 0 Å². The molecule has 0 heterocycles. The first-order valence-electron chi connectivity index (χ1n) is 8.16. The maximum atomic E-state index is 8.96. The van der Waals surface area contributed by atoms with Crippen LogP contribution >= 0.6 is 0 Å². The molecule has 25 heavy (non-hydrogen) atoms. The van der Waals surface area contributed by atoms with Crippen molar-refractivity contribution in [1.29, 1.82) is 5.26 Å². The lowest BCUT2D eigenvalue weighted by molar-refractivity contribution is 0.192. The van der Waals surface area contributed by atoms with Crippen LogP contribution in [0.3, 0.4) is 0 Å². The zero-order valence-electron chi connectivity index (χ0n) is 13.8. The van der Waals surface area contributed by atoms with Crippen molar-refractivity contribution in [3.63, 3.8) is 0 Å². The highest BCUT2D eigenvalue weighted by molar-refractivity contribution is 6.61. The zero-order chi connectivity index (χ0) is 17.3. The maximum Gasteiger partial charge on any atom is 0.494 e. The molecule has 0 radical (unpaired) electrons. The van der Waals surface area contributed by atoms with E-state index in [4.69, 9.17) is 14.6 Å². The van der Waals surface area contributed by atoms with Gasteiger partial charge in [-0.2, -0.15) is 5.26 Å². The molecule has 0 atom stereocenters. The molecule has 0 saturated carbocycles. The van der Waals surface area contributed by atoms with Gasteiger partial charge >= 0.3 is 7.12 Å². The first-order chi connectivity index (χ1) is 12.3. The minimum Gasteiger partial charge on any atom is -0.403 e. The molecular formula is C21H18BNO2. The molecule has 3 aromatic rings. The summed E-state index contributed by atoms with van der Waals surface area (Å²) in [6, 6.07) is 29.4. The number of nitriles is 1. The van der Waals surface area contributed by atoms with Gasteiger partial charge < -0.3 is 9.31 Å². The van der Waals surface area contributed by atoms with Crippen molar-refractivity contribution >= 4 is 12.6 Å². The Morgan fingerprint density at radius 2 is 1.16 bits per heavy atom. The lowest BCUT2D eigenvalue weighted by Gasteiger charge is -2.15. The van der Waals surface area contributed by atoms with E-state index < -0.39 is 7.12 Å². The largest absolute Gasteiger partial charge is 0.494 e. The number of benzene rings is 3. The summed E-state index contributed by atoms with van der Waals surface area (Å²) in [6.07, 6.45) is 0. The van der Waals surface area contributed by atoms with Gasteiger partial charge in [-0.3, -0.25) is 0 Å². The third-order valence-corrected chi connectivity index (χ3v) is 3.80. The minimum absolute atomic E-state index is 0.459. The molecule has 3 nitrogen and oxygen atoms in total. The van der Waals surface area contributed by atoms with Crippen LogP contribution in [0.1, 0.15) is 16.7 Å². The van der Waals surface area contributed by atoms with Crippen molar-refractivity contribution < 1.29 is 9.31 Å². The van der Waals surface area contributed by atoms with Crippen LogP contribution in [-0.2, 0) is 22.5 Å². The van der Waals surface area contributed by atoms with E-state index in [1.165, 1.54) is 0 Å². The molecule has 0 N–H and O–H groups in total. The topological polar surface area (TPSA) is 42.2 Å². The van der Waals surface area contributed by atoms with Gasteiger partial charge in [0.1, 0.15) is 0 Å². The van der Waals surface area contributed by atoms with E-state index in [0.29, 0.717) is 18.8 Å². The van der Waals surface area contributed by atoms with Gasteiger partial charge in [0.15, 0.2) is 0 Å². The van der Waals surface area contributed by atoms with Crippen LogP contribution in [0.5, 0.6) is 0 Å². The van der Waals surface area contributed by atoms with Gasteiger partial charge in [-0.05, 0) is 28.7 Å². The number of hydrogen-bond acceptors (Lipinski definition) is 3.